The minimum atomic E-state index is -1.80. The second kappa shape index (κ2) is 27.2. The number of carboxylic acid groups (broad SMARTS) is 2. The van der Waals surface area contributed by atoms with Gasteiger partial charge in [0, 0.05) is 100 Å². The minimum absolute atomic E-state index is 0.0162. The molecule has 26 nitrogen and oxygen atoms in total. The molecule has 1 saturated heterocycles. The van der Waals surface area contributed by atoms with E-state index >= 15 is 0 Å². The van der Waals surface area contributed by atoms with Crippen LogP contribution in [0.1, 0.15) is 128 Å². The first-order valence-electron chi connectivity index (χ1n) is 32.4. The highest BCUT2D eigenvalue weighted by Gasteiger charge is 2.74. The second-order valence-corrected chi connectivity index (χ2v) is 28.0. The molecule has 13 rings (SSSR count). The molecule has 7 N–H and O–H groups in total. The van der Waals surface area contributed by atoms with Crippen LogP contribution in [0.25, 0.3) is 21.3 Å². The van der Waals surface area contributed by atoms with E-state index in [9.17, 15) is 58.8 Å². The Morgan fingerprint density at radius 1 is 0.854 bits per heavy atom. The number of carboxylic acids is 2. The number of nitrogens with one attached hydrogen (secondary N) is 3. The van der Waals surface area contributed by atoms with Gasteiger partial charge in [-0.2, -0.15) is 5.10 Å². The predicted octanol–water partition coefficient (Wildman–Crippen LogP) is 7.62. The highest BCUT2D eigenvalue weighted by Crippen LogP contribution is 2.77. The number of nitrogens with zero attached hydrogens (tertiary/aromatic N) is 7. The number of hydrogen-bond acceptors (Lipinski definition) is 19. The Labute approximate surface area is 556 Å². The molecule has 3 aromatic carbocycles. The van der Waals surface area contributed by atoms with Crippen molar-refractivity contribution in [1.29, 1.82) is 0 Å². The van der Waals surface area contributed by atoms with Crippen molar-refractivity contribution in [3.63, 3.8) is 0 Å². The first-order chi connectivity index (χ1) is 45.9. The molecular weight excluding hydrogens is 1260 g/mol. The summed E-state index contributed by atoms with van der Waals surface area (Å²) in [7, 11) is 1.61. The lowest BCUT2D eigenvalue weighted by molar-refractivity contribution is -0.228. The molecule has 6 heterocycles. The lowest BCUT2D eigenvalue weighted by Crippen LogP contribution is -2.53. The second-order valence-electron chi connectivity index (χ2n) is 27.0. The third-order valence-corrected chi connectivity index (χ3v) is 20.7. The maximum atomic E-state index is 13.8. The van der Waals surface area contributed by atoms with Gasteiger partial charge in [-0.15, -0.1) is 0 Å². The van der Waals surface area contributed by atoms with Crippen molar-refractivity contribution in [2.75, 3.05) is 55.4 Å². The fraction of sp³-hybridized carbons (Fsp3) is 0.464. The summed E-state index contributed by atoms with van der Waals surface area (Å²) >= 11 is 1.41. The van der Waals surface area contributed by atoms with Crippen molar-refractivity contribution < 1.29 is 77.7 Å². The largest absolute Gasteiger partial charge is 0.479 e. The van der Waals surface area contributed by atoms with Gasteiger partial charge in [0.25, 0.3) is 17.7 Å². The average Bonchev–Trinajstić information content (AvgIpc) is 1.51. The normalized spacial score (nSPS) is 24.7. The molecule has 0 spiro atoms. The number of carbonyl (C=O) groups is 8. The maximum absolute atomic E-state index is 13.8. The third-order valence-electron chi connectivity index (χ3n) is 19.8. The summed E-state index contributed by atoms with van der Waals surface area (Å²) in [6, 6.07) is 21.6. The molecule has 5 fully saturated rings. The molecule has 506 valence electrons. The fourth-order valence-corrected chi connectivity index (χ4v) is 16.6. The smallest absolute Gasteiger partial charge is 0.409 e. The number of ether oxygens (including phenoxy) is 4. The minimum Gasteiger partial charge on any atom is -0.479 e. The molecule has 4 bridgehead atoms. The molecule has 4 aliphatic carbocycles. The van der Waals surface area contributed by atoms with Crippen LogP contribution in [-0.2, 0) is 64.3 Å². The standard InChI is InChI=1S/C69H78N10O16S/c1-40-45(43-17-19-52(74-58(43)62(87)88)77-26-23-42-11-10-12-44(46(42)32-77)61(86)75-64-73-47-13-7-8-14-51(47)96-64)31-71-79(40)39-68-35-66(2)34-67(3,37-68)69(36-66,38-68)93-28-27-76(4)65(91)92-33-41-16-18-50(94-57-30-49(80)59(85)60(95-57)63(89)90)48(29-41)72-54(82)22-24-70-53(81)15-6-5-9-25-78-55(83)20-21-56(78)84/h7-8,10-14,16-21,29,31,49,57,59-60,80,85H,5-6,9,15,22-28,30,32-39H2,1-4H3,(H,70,81)(H,72,82)(H,87,88)(H,89,90)(H,73,75,86)/t49?,57-,59+,60+,66?,67?,68?,69?/m1/s1. The number of imide groups is 1. The lowest BCUT2D eigenvalue weighted by Gasteiger charge is -2.46. The summed E-state index contributed by atoms with van der Waals surface area (Å²) in [5.41, 5.74) is 4.72. The number of amides is 6. The summed E-state index contributed by atoms with van der Waals surface area (Å²) in [4.78, 5) is 116. The van der Waals surface area contributed by atoms with E-state index in [0.717, 1.165) is 64.0 Å². The van der Waals surface area contributed by atoms with Gasteiger partial charge < -0.3 is 59.8 Å². The summed E-state index contributed by atoms with van der Waals surface area (Å²) < 4.78 is 27.2. The SMILES string of the molecule is Cc1c(-c2ccc(N3CCc4cccc(C(=O)Nc5nc6ccccc6s5)c4C3)nc2C(=O)O)cnn1CC12CC3(C)CC(C)(C1)C(OCCN(C)C(=O)OCc1ccc(O[C@H]4CC(O)[C@H](O)[C@@H](C(=O)O)O4)c(NC(=O)CCNC(=O)CCCCCN4C(=O)C=CC4=O)c1)(C3)C2. The number of aliphatic hydroxyl groups excluding tert-OH is 2. The Morgan fingerprint density at radius 3 is 2.44 bits per heavy atom. The van der Waals surface area contributed by atoms with E-state index in [2.05, 4.69) is 34.8 Å². The number of benzene rings is 3. The van der Waals surface area contributed by atoms with Crippen molar-refractivity contribution >= 4 is 85.8 Å². The summed E-state index contributed by atoms with van der Waals surface area (Å²) in [5, 5.41) is 54.9. The van der Waals surface area contributed by atoms with Gasteiger partial charge in [0.2, 0.25) is 18.1 Å². The Bertz CT molecular complexity index is 4050. The monoisotopic (exact) mass is 1330 g/mol. The molecule has 5 unspecified atom stereocenters. The number of para-hydroxylation sites is 1. The number of hydrogen-bond donors (Lipinski definition) is 7. The first kappa shape index (κ1) is 66.9. The van der Waals surface area contributed by atoms with Gasteiger partial charge in [0.1, 0.15) is 24.3 Å². The number of carbonyl (C=O) groups excluding carboxylic acids is 6. The topological polar surface area (TPSA) is 344 Å². The van der Waals surface area contributed by atoms with E-state index in [0.29, 0.717) is 78.5 Å². The number of pyridine rings is 1. The Morgan fingerprint density at radius 2 is 1.66 bits per heavy atom. The van der Waals surface area contributed by atoms with E-state index in [1.54, 1.807) is 31.4 Å². The van der Waals surface area contributed by atoms with Crippen LogP contribution in [0.5, 0.6) is 5.75 Å². The van der Waals surface area contributed by atoms with Gasteiger partial charge >= 0.3 is 18.0 Å². The van der Waals surface area contributed by atoms with Crippen molar-refractivity contribution in [3.8, 4) is 16.9 Å². The van der Waals surface area contributed by atoms with E-state index in [1.807, 2.05) is 59.0 Å². The molecule has 96 heavy (non-hydrogen) atoms. The van der Waals surface area contributed by atoms with Gasteiger partial charge in [-0.3, -0.25) is 38.9 Å². The van der Waals surface area contributed by atoms with Gasteiger partial charge in [-0.05, 0) is 134 Å². The van der Waals surface area contributed by atoms with Gasteiger partial charge in [-0.25, -0.2) is 24.4 Å². The quantitative estimate of drug-likeness (QED) is 0.0203. The van der Waals surface area contributed by atoms with Crippen molar-refractivity contribution in [2.45, 2.75) is 148 Å². The maximum Gasteiger partial charge on any atom is 0.409 e. The van der Waals surface area contributed by atoms with Crippen LogP contribution >= 0.6 is 11.3 Å². The molecule has 4 saturated carbocycles. The number of fused-ring (bicyclic) bond motifs is 2. The number of likely N-dealkylation sites (N-methyl/N-ethyl adjacent to an activating group) is 1. The van der Waals surface area contributed by atoms with E-state index in [1.165, 1.54) is 40.5 Å². The van der Waals surface area contributed by atoms with Crippen LogP contribution in [0.15, 0.2) is 91.1 Å². The molecule has 8 atom stereocenters. The Balaban J connectivity index is 0.651. The number of aliphatic hydroxyl groups is 2. The summed E-state index contributed by atoms with van der Waals surface area (Å²) in [5.74, 6) is -4.02. The molecular formula is C69H78N10O16S. The zero-order valence-electron chi connectivity index (χ0n) is 53.8. The number of aromatic nitrogens is 4. The zero-order valence-corrected chi connectivity index (χ0v) is 54.7. The number of aromatic carboxylic acids is 1. The average molecular weight is 1340 g/mol. The molecule has 27 heteroatoms. The predicted molar refractivity (Wildman–Crippen MR) is 350 cm³/mol. The van der Waals surface area contributed by atoms with Crippen LogP contribution in [0.4, 0.5) is 21.4 Å². The van der Waals surface area contributed by atoms with Crippen molar-refractivity contribution in [2.24, 2.45) is 16.2 Å². The van der Waals surface area contributed by atoms with Crippen LogP contribution < -0.4 is 25.6 Å². The van der Waals surface area contributed by atoms with Crippen molar-refractivity contribution in [1.82, 2.24) is 34.9 Å². The number of anilines is 3. The zero-order chi connectivity index (χ0) is 67.8. The molecule has 6 amide bonds. The van der Waals surface area contributed by atoms with Crippen LogP contribution in [0.2, 0.25) is 0 Å². The van der Waals surface area contributed by atoms with Gasteiger partial charge in [0.05, 0.1) is 40.4 Å². The van der Waals surface area contributed by atoms with Crippen LogP contribution in [0.3, 0.4) is 0 Å². The van der Waals surface area contributed by atoms with E-state index in [4.69, 9.17) is 29.0 Å². The van der Waals surface area contributed by atoms with E-state index < -0.39 is 54.1 Å². The molecule has 6 aromatic rings. The van der Waals surface area contributed by atoms with Crippen molar-refractivity contribution in [3.05, 3.63) is 125 Å². The summed E-state index contributed by atoms with van der Waals surface area (Å²) in [6.07, 6.45) is 3.58. The molecule has 3 aromatic heterocycles. The van der Waals surface area contributed by atoms with Crippen LogP contribution in [-0.4, -0.2) is 168 Å². The van der Waals surface area contributed by atoms with Crippen LogP contribution in [0, 0.1) is 23.2 Å². The number of thiazole rings is 1. The number of unbranched alkanes of at least 4 members (excludes halogenated alkanes) is 2. The summed E-state index contributed by atoms with van der Waals surface area (Å²) in [6.45, 7) is 8.54. The molecule has 0 radical (unpaired) electrons. The Kier molecular flexibility index (Phi) is 18.9. The fourth-order valence-electron chi connectivity index (χ4n) is 15.8. The molecule has 3 aliphatic heterocycles. The highest BCUT2D eigenvalue weighted by atomic mass is 32.1. The number of aliphatic carboxylic acids is 1. The molecule has 7 aliphatic rings. The van der Waals surface area contributed by atoms with E-state index in [-0.39, 0.29) is 109 Å². The first-order valence-corrected chi connectivity index (χ1v) is 33.2. The number of rotatable bonds is 26. The highest BCUT2D eigenvalue weighted by molar-refractivity contribution is 7.22. The lowest BCUT2D eigenvalue weighted by atomic mass is 9.60. The third kappa shape index (κ3) is 13.9. The van der Waals surface area contributed by atoms with Gasteiger partial charge in [-0.1, -0.05) is 61.9 Å². The Hall–Kier alpha value is -9.15. The van der Waals surface area contributed by atoms with Gasteiger partial charge in [0.15, 0.2) is 16.9 Å².